The van der Waals surface area contributed by atoms with Crippen LogP contribution in [0.4, 0.5) is 0 Å². The lowest BCUT2D eigenvalue weighted by Gasteiger charge is -2.49. The molecule has 0 aromatic heterocycles. The Kier molecular flexibility index (Phi) is 6.17. The van der Waals surface area contributed by atoms with E-state index in [2.05, 4.69) is 32.6 Å². The first kappa shape index (κ1) is 20.5. The summed E-state index contributed by atoms with van der Waals surface area (Å²) in [5.74, 6) is 0.212. The molecule has 0 heterocycles. The smallest absolute Gasteiger partial charge is 0.310 e. The molecule has 1 aliphatic carbocycles. The van der Waals surface area contributed by atoms with Crippen LogP contribution in [0.3, 0.4) is 0 Å². The molecular formula is C22H32O4. The van der Waals surface area contributed by atoms with E-state index in [9.17, 15) is 9.90 Å². The number of allylic oxidation sites excluding steroid dienone is 1. The van der Waals surface area contributed by atoms with Gasteiger partial charge in [-0.25, -0.2) is 0 Å². The maximum Gasteiger partial charge on any atom is 0.310 e. The molecule has 1 fully saturated rings. The molecule has 2 unspecified atom stereocenters. The van der Waals surface area contributed by atoms with E-state index in [1.54, 1.807) is 7.11 Å². The summed E-state index contributed by atoms with van der Waals surface area (Å²) in [6, 6.07) is 4.21. The first-order valence-corrected chi connectivity index (χ1v) is 9.37. The number of aliphatic carboxylic acids is 1. The number of methoxy groups -OCH3 is 1. The van der Waals surface area contributed by atoms with Crippen LogP contribution in [-0.2, 0) is 9.53 Å². The molecule has 0 bridgehead atoms. The number of ether oxygens (including phenoxy) is 2. The third kappa shape index (κ3) is 3.52. The van der Waals surface area contributed by atoms with Gasteiger partial charge in [0.25, 0.3) is 0 Å². The molecule has 26 heavy (non-hydrogen) atoms. The van der Waals surface area contributed by atoms with Gasteiger partial charge in [0.2, 0.25) is 0 Å². The summed E-state index contributed by atoms with van der Waals surface area (Å²) in [5, 5.41) is 9.88. The summed E-state index contributed by atoms with van der Waals surface area (Å²) in [6.07, 6.45) is 1.20. The number of carboxylic acid groups (broad SMARTS) is 1. The van der Waals surface area contributed by atoms with E-state index >= 15 is 0 Å². The highest BCUT2D eigenvalue weighted by Crippen LogP contribution is 2.53. The second kappa shape index (κ2) is 7.83. The van der Waals surface area contributed by atoms with Gasteiger partial charge in [0.15, 0.2) is 0 Å². The van der Waals surface area contributed by atoms with Gasteiger partial charge in [-0.2, -0.15) is 0 Å². The number of carbonyl (C=O) groups is 1. The quantitative estimate of drug-likeness (QED) is 0.705. The van der Waals surface area contributed by atoms with Crippen molar-refractivity contribution in [3.63, 3.8) is 0 Å². The van der Waals surface area contributed by atoms with E-state index < -0.39 is 11.4 Å². The van der Waals surface area contributed by atoms with Crippen molar-refractivity contribution in [1.82, 2.24) is 0 Å². The lowest BCUT2D eigenvalue weighted by Crippen LogP contribution is -2.52. The standard InChI is InChI=1S/C22H32O4/c1-8-26-19-10-17(9-14(4)20(19)13(2)3)15(5)16(6)22(21(23)24)11-18(12-22)25-7/h9-10,15-16,18H,2,8,11-12H2,1,3-7H3,(H,23,24). The van der Waals surface area contributed by atoms with Crippen LogP contribution in [0.25, 0.3) is 5.57 Å². The minimum absolute atomic E-state index is 0.00375. The summed E-state index contributed by atoms with van der Waals surface area (Å²) < 4.78 is 11.2. The third-order valence-electron chi connectivity index (χ3n) is 6.14. The second-order valence-electron chi connectivity index (χ2n) is 7.73. The highest BCUT2D eigenvalue weighted by Gasteiger charge is 2.55. The van der Waals surface area contributed by atoms with E-state index in [0.29, 0.717) is 19.4 Å². The van der Waals surface area contributed by atoms with Crippen LogP contribution in [0.1, 0.15) is 63.1 Å². The Morgan fingerprint density at radius 3 is 2.46 bits per heavy atom. The molecule has 1 aromatic carbocycles. The van der Waals surface area contributed by atoms with Crippen molar-refractivity contribution < 1.29 is 19.4 Å². The molecule has 2 atom stereocenters. The van der Waals surface area contributed by atoms with Crippen molar-refractivity contribution in [3.05, 3.63) is 35.4 Å². The number of carboxylic acids is 1. The van der Waals surface area contributed by atoms with Crippen LogP contribution in [0.5, 0.6) is 5.75 Å². The van der Waals surface area contributed by atoms with Crippen LogP contribution in [0.15, 0.2) is 18.7 Å². The molecule has 0 radical (unpaired) electrons. The number of benzene rings is 1. The van der Waals surface area contributed by atoms with Crippen molar-refractivity contribution in [1.29, 1.82) is 0 Å². The van der Waals surface area contributed by atoms with Gasteiger partial charge < -0.3 is 14.6 Å². The monoisotopic (exact) mass is 360 g/mol. The van der Waals surface area contributed by atoms with Crippen LogP contribution in [-0.4, -0.2) is 30.9 Å². The van der Waals surface area contributed by atoms with Crippen molar-refractivity contribution in [2.45, 2.75) is 59.5 Å². The molecule has 1 N–H and O–H groups in total. The Morgan fingerprint density at radius 1 is 1.38 bits per heavy atom. The highest BCUT2D eigenvalue weighted by atomic mass is 16.5. The topological polar surface area (TPSA) is 55.8 Å². The maximum absolute atomic E-state index is 12.0. The summed E-state index contributed by atoms with van der Waals surface area (Å²) in [7, 11) is 1.65. The number of rotatable bonds is 8. The normalized spacial score (nSPS) is 24.5. The average molecular weight is 360 g/mol. The van der Waals surface area contributed by atoms with E-state index in [4.69, 9.17) is 9.47 Å². The molecule has 144 valence electrons. The lowest BCUT2D eigenvalue weighted by molar-refractivity contribution is -0.173. The summed E-state index contributed by atoms with van der Waals surface area (Å²) in [5.41, 5.74) is 3.54. The largest absolute Gasteiger partial charge is 0.493 e. The van der Waals surface area contributed by atoms with Gasteiger partial charge in [0.05, 0.1) is 18.1 Å². The molecule has 0 saturated heterocycles. The van der Waals surface area contributed by atoms with Gasteiger partial charge in [-0.15, -0.1) is 0 Å². The number of hydrogen-bond donors (Lipinski definition) is 1. The predicted octanol–water partition coefficient (Wildman–Crippen LogP) is 5.05. The van der Waals surface area contributed by atoms with Gasteiger partial charge in [-0.1, -0.05) is 26.5 Å². The van der Waals surface area contributed by atoms with E-state index in [0.717, 1.165) is 28.0 Å². The van der Waals surface area contributed by atoms with Crippen molar-refractivity contribution in [3.8, 4) is 5.75 Å². The van der Waals surface area contributed by atoms with Crippen molar-refractivity contribution in [2.75, 3.05) is 13.7 Å². The lowest BCUT2D eigenvalue weighted by atomic mass is 9.56. The Balaban J connectivity index is 2.38. The first-order chi connectivity index (χ1) is 12.2. The summed E-state index contributed by atoms with van der Waals surface area (Å²) in [6.45, 7) is 14.8. The van der Waals surface area contributed by atoms with E-state index in [1.807, 2.05) is 20.8 Å². The van der Waals surface area contributed by atoms with Gasteiger partial charge in [0, 0.05) is 12.7 Å². The van der Waals surface area contributed by atoms with Crippen LogP contribution < -0.4 is 4.74 Å². The van der Waals surface area contributed by atoms with Crippen molar-refractivity contribution >= 4 is 11.5 Å². The molecule has 0 aliphatic heterocycles. The first-order valence-electron chi connectivity index (χ1n) is 9.37. The molecule has 1 saturated carbocycles. The predicted molar refractivity (Wildman–Crippen MR) is 105 cm³/mol. The van der Waals surface area contributed by atoms with Crippen LogP contribution in [0.2, 0.25) is 0 Å². The summed E-state index contributed by atoms with van der Waals surface area (Å²) in [4.78, 5) is 12.0. The third-order valence-corrected chi connectivity index (χ3v) is 6.14. The fraction of sp³-hybridized carbons (Fsp3) is 0.591. The van der Waals surface area contributed by atoms with E-state index in [-0.39, 0.29) is 17.9 Å². The summed E-state index contributed by atoms with van der Waals surface area (Å²) >= 11 is 0. The van der Waals surface area contributed by atoms with Crippen LogP contribution >= 0.6 is 0 Å². The molecule has 1 aliphatic rings. The molecule has 4 nitrogen and oxygen atoms in total. The molecule has 0 amide bonds. The average Bonchev–Trinajstić information content (AvgIpc) is 2.52. The van der Waals surface area contributed by atoms with Gasteiger partial charge in [-0.3, -0.25) is 4.79 Å². The number of aryl methyl sites for hydroxylation is 1. The minimum Gasteiger partial charge on any atom is -0.493 e. The van der Waals surface area contributed by atoms with Crippen molar-refractivity contribution in [2.24, 2.45) is 11.3 Å². The highest BCUT2D eigenvalue weighted by molar-refractivity contribution is 5.77. The number of hydrogen-bond acceptors (Lipinski definition) is 3. The Morgan fingerprint density at radius 2 is 2.00 bits per heavy atom. The fourth-order valence-corrected chi connectivity index (χ4v) is 4.29. The zero-order valence-corrected chi connectivity index (χ0v) is 16.9. The Hall–Kier alpha value is -1.81. The molecule has 1 aromatic rings. The maximum atomic E-state index is 12.0. The van der Waals surface area contributed by atoms with Gasteiger partial charge >= 0.3 is 5.97 Å². The Labute approximate surface area is 157 Å². The van der Waals surface area contributed by atoms with E-state index in [1.165, 1.54) is 0 Å². The SMILES string of the molecule is C=C(C)c1c(C)cc(C(C)C(C)C2(C(=O)O)CC(OC)C2)cc1OCC. The molecule has 0 spiro atoms. The Bertz CT molecular complexity index is 686. The minimum atomic E-state index is -0.717. The van der Waals surface area contributed by atoms with Gasteiger partial charge in [-0.05, 0) is 68.2 Å². The molecular weight excluding hydrogens is 328 g/mol. The second-order valence-corrected chi connectivity index (χ2v) is 7.73. The van der Waals surface area contributed by atoms with Crippen LogP contribution in [0, 0.1) is 18.3 Å². The van der Waals surface area contributed by atoms with Gasteiger partial charge in [0.1, 0.15) is 5.75 Å². The zero-order valence-electron chi connectivity index (χ0n) is 16.9. The fourth-order valence-electron chi connectivity index (χ4n) is 4.29. The molecule has 2 rings (SSSR count). The molecule has 4 heteroatoms. The zero-order chi connectivity index (χ0) is 19.6.